The normalized spacial score (nSPS) is 10.0. The lowest BCUT2D eigenvalue weighted by Gasteiger charge is -2.10. The Hall–Kier alpha value is -2.04. The lowest BCUT2D eigenvalue weighted by molar-refractivity contribution is -0.120. The summed E-state index contributed by atoms with van der Waals surface area (Å²) in [6, 6.07) is 5.61. The van der Waals surface area contributed by atoms with Crippen LogP contribution in [0, 0.1) is 6.92 Å². The molecule has 1 aromatic carbocycles. The van der Waals surface area contributed by atoms with Crippen molar-refractivity contribution in [3.8, 4) is 0 Å². The van der Waals surface area contributed by atoms with Crippen molar-refractivity contribution < 1.29 is 9.59 Å². The van der Waals surface area contributed by atoms with Crippen LogP contribution in [-0.4, -0.2) is 31.4 Å². The Morgan fingerprint density at radius 2 is 1.76 bits per heavy atom. The van der Waals surface area contributed by atoms with Gasteiger partial charge in [-0.05, 0) is 43.5 Å². The highest BCUT2D eigenvalue weighted by Crippen LogP contribution is 2.15. The van der Waals surface area contributed by atoms with E-state index in [2.05, 4.69) is 22.9 Å². The van der Waals surface area contributed by atoms with E-state index in [4.69, 9.17) is 0 Å². The summed E-state index contributed by atoms with van der Waals surface area (Å²) in [7, 11) is 0. The monoisotopic (exact) mass is 291 g/mol. The molecule has 0 fully saturated rings. The number of anilines is 1. The second-order valence-electron chi connectivity index (χ2n) is 4.99. The maximum absolute atomic E-state index is 12.1. The van der Waals surface area contributed by atoms with Gasteiger partial charge in [0.15, 0.2) is 0 Å². The van der Waals surface area contributed by atoms with Crippen LogP contribution in [0.2, 0.25) is 0 Å². The highest BCUT2D eigenvalue weighted by Gasteiger charge is 2.10. The third kappa shape index (κ3) is 5.85. The maximum atomic E-state index is 12.1. The van der Waals surface area contributed by atoms with E-state index >= 15 is 0 Å². The fraction of sp³-hybridized carbons (Fsp3) is 0.500. The van der Waals surface area contributed by atoms with Crippen LogP contribution in [0.1, 0.15) is 42.6 Å². The van der Waals surface area contributed by atoms with E-state index in [1.807, 2.05) is 26.0 Å². The van der Waals surface area contributed by atoms with Crippen LogP contribution in [0.15, 0.2) is 18.2 Å². The molecule has 21 heavy (non-hydrogen) atoms. The Balaban J connectivity index is 2.56. The van der Waals surface area contributed by atoms with Gasteiger partial charge in [-0.15, -0.1) is 0 Å². The number of rotatable bonds is 8. The number of hydrogen-bond donors (Lipinski definition) is 3. The van der Waals surface area contributed by atoms with Gasteiger partial charge in [-0.3, -0.25) is 9.59 Å². The van der Waals surface area contributed by atoms with Crippen LogP contribution in [0.4, 0.5) is 5.69 Å². The molecular weight excluding hydrogens is 266 g/mol. The zero-order chi connectivity index (χ0) is 15.7. The minimum absolute atomic E-state index is 0.00805. The molecule has 3 N–H and O–H groups in total. The molecule has 0 aliphatic rings. The molecule has 0 spiro atoms. The minimum atomic E-state index is -0.221. The highest BCUT2D eigenvalue weighted by atomic mass is 16.2. The summed E-state index contributed by atoms with van der Waals surface area (Å²) in [5.74, 6) is -0.384. The zero-order valence-corrected chi connectivity index (χ0v) is 13.1. The summed E-state index contributed by atoms with van der Waals surface area (Å²) >= 11 is 0. The Bertz CT molecular complexity index is 486. The Kier molecular flexibility index (Phi) is 7.29. The first kappa shape index (κ1) is 17.0. The van der Waals surface area contributed by atoms with Crippen molar-refractivity contribution in [3.05, 3.63) is 29.3 Å². The fourth-order valence-electron chi connectivity index (χ4n) is 1.88. The predicted octanol–water partition coefficient (Wildman–Crippen LogP) is 2.07. The number of amides is 2. The molecule has 2 amide bonds. The molecule has 0 aliphatic heterocycles. The van der Waals surface area contributed by atoms with Crippen LogP contribution >= 0.6 is 0 Å². The molecule has 5 nitrogen and oxygen atoms in total. The highest BCUT2D eigenvalue weighted by molar-refractivity contribution is 5.98. The molecule has 0 saturated carbocycles. The second-order valence-corrected chi connectivity index (χ2v) is 4.99. The van der Waals surface area contributed by atoms with E-state index in [-0.39, 0.29) is 18.4 Å². The molecule has 116 valence electrons. The van der Waals surface area contributed by atoms with Gasteiger partial charge < -0.3 is 16.0 Å². The first-order valence-corrected chi connectivity index (χ1v) is 7.47. The van der Waals surface area contributed by atoms with E-state index in [9.17, 15) is 9.59 Å². The summed E-state index contributed by atoms with van der Waals surface area (Å²) in [4.78, 5) is 23.5. The molecule has 0 bridgehead atoms. The van der Waals surface area contributed by atoms with Gasteiger partial charge in [0.1, 0.15) is 0 Å². The van der Waals surface area contributed by atoms with E-state index < -0.39 is 0 Å². The predicted molar refractivity (Wildman–Crippen MR) is 85.6 cm³/mol. The van der Waals surface area contributed by atoms with Gasteiger partial charge in [-0.1, -0.05) is 13.8 Å². The topological polar surface area (TPSA) is 70.2 Å². The first-order valence-electron chi connectivity index (χ1n) is 7.47. The van der Waals surface area contributed by atoms with Crippen molar-refractivity contribution >= 4 is 17.5 Å². The van der Waals surface area contributed by atoms with Crippen LogP contribution in [0.5, 0.6) is 0 Å². The smallest absolute Gasteiger partial charge is 0.251 e. The summed E-state index contributed by atoms with van der Waals surface area (Å²) in [5.41, 5.74) is 2.49. The quantitative estimate of drug-likeness (QED) is 0.687. The maximum Gasteiger partial charge on any atom is 0.251 e. The number of carbonyl (C=O) groups is 2. The number of nitrogens with one attached hydrogen (secondary N) is 3. The summed E-state index contributed by atoms with van der Waals surface area (Å²) in [6.45, 7) is 7.52. The summed E-state index contributed by atoms with van der Waals surface area (Å²) < 4.78 is 0. The van der Waals surface area contributed by atoms with Gasteiger partial charge in [-0.2, -0.15) is 0 Å². The standard InChI is InChI=1S/C16H25N3O2/c1-4-8-17-13-6-7-14(12(3)10-13)16(21)19-11-15(20)18-9-5-2/h6-7,10,17H,4-5,8-9,11H2,1-3H3,(H,18,20)(H,19,21). The van der Waals surface area contributed by atoms with Crippen molar-refractivity contribution in [1.82, 2.24) is 10.6 Å². The lowest BCUT2D eigenvalue weighted by atomic mass is 10.1. The van der Waals surface area contributed by atoms with E-state index in [1.165, 1.54) is 0 Å². The number of carbonyl (C=O) groups excluding carboxylic acids is 2. The lowest BCUT2D eigenvalue weighted by Crippen LogP contribution is -2.37. The van der Waals surface area contributed by atoms with E-state index in [0.29, 0.717) is 12.1 Å². The van der Waals surface area contributed by atoms with Gasteiger partial charge in [0.25, 0.3) is 5.91 Å². The average Bonchev–Trinajstić information content (AvgIpc) is 2.48. The van der Waals surface area contributed by atoms with Crippen molar-refractivity contribution in [2.24, 2.45) is 0 Å². The molecule has 0 aromatic heterocycles. The largest absolute Gasteiger partial charge is 0.385 e. The van der Waals surface area contributed by atoms with Gasteiger partial charge in [0.05, 0.1) is 6.54 Å². The van der Waals surface area contributed by atoms with Crippen molar-refractivity contribution in [2.45, 2.75) is 33.6 Å². The number of hydrogen-bond acceptors (Lipinski definition) is 3. The van der Waals surface area contributed by atoms with Gasteiger partial charge in [0.2, 0.25) is 5.91 Å². The fourth-order valence-corrected chi connectivity index (χ4v) is 1.88. The molecule has 0 unspecified atom stereocenters. The van der Waals surface area contributed by atoms with Crippen LogP contribution in [0.25, 0.3) is 0 Å². The summed E-state index contributed by atoms with van der Waals surface area (Å²) in [6.07, 6.45) is 1.93. The van der Waals surface area contributed by atoms with Gasteiger partial charge in [0, 0.05) is 24.3 Å². The molecule has 0 saturated heterocycles. The molecule has 1 aromatic rings. The first-order chi connectivity index (χ1) is 10.1. The summed E-state index contributed by atoms with van der Waals surface area (Å²) in [5, 5.41) is 8.64. The van der Waals surface area contributed by atoms with E-state index in [1.54, 1.807) is 6.07 Å². The molecule has 0 heterocycles. The molecule has 0 aliphatic carbocycles. The molecule has 5 heteroatoms. The number of benzene rings is 1. The van der Waals surface area contributed by atoms with Crippen molar-refractivity contribution in [3.63, 3.8) is 0 Å². The van der Waals surface area contributed by atoms with E-state index in [0.717, 1.165) is 30.6 Å². The Labute approximate surface area is 126 Å². The zero-order valence-electron chi connectivity index (χ0n) is 13.1. The molecule has 1 rings (SSSR count). The molecule has 0 atom stereocenters. The van der Waals surface area contributed by atoms with Gasteiger partial charge in [-0.25, -0.2) is 0 Å². The number of aryl methyl sites for hydroxylation is 1. The van der Waals surface area contributed by atoms with Crippen LogP contribution in [0.3, 0.4) is 0 Å². The molecular formula is C16H25N3O2. The second kappa shape index (κ2) is 9.00. The van der Waals surface area contributed by atoms with Crippen molar-refractivity contribution in [1.29, 1.82) is 0 Å². The molecule has 0 radical (unpaired) electrons. The Morgan fingerprint density at radius 1 is 1.05 bits per heavy atom. The van der Waals surface area contributed by atoms with Crippen LogP contribution < -0.4 is 16.0 Å². The third-order valence-electron chi connectivity index (χ3n) is 3.03. The average molecular weight is 291 g/mol. The Morgan fingerprint density at radius 3 is 2.38 bits per heavy atom. The van der Waals surface area contributed by atoms with Crippen LogP contribution in [-0.2, 0) is 4.79 Å². The third-order valence-corrected chi connectivity index (χ3v) is 3.03. The SMILES string of the molecule is CCCNC(=O)CNC(=O)c1ccc(NCCC)cc1C. The van der Waals surface area contributed by atoms with Gasteiger partial charge >= 0.3 is 0 Å². The van der Waals surface area contributed by atoms with Crippen molar-refractivity contribution in [2.75, 3.05) is 25.0 Å². The minimum Gasteiger partial charge on any atom is -0.385 e.